The third kappa shape index (κ3) is 3.24. The second-order valence-electron chi connectivity index (χ2n) is 6.68. The molecule has 0 atom stereocenters. The molecule has 0 bridgehead atoms. The first kappa shape index (κ1) is 18.2. The molecule has 6 heteroatoms. The molecule has 2 aromatic rings. The Morgan fingerprint density at radius 3 is 2.23 bits per heavy atom. The first-order valence-electron chi connectivity index (χ1n) is 8.06. The van der Waals surface area contributed by atoms with Crippen molar-refractivity contribution in [2.45, 2.75) is 24.3 Å². The van der Waals surface area contributed by atoms with Crippen LogP contribution >= 0.6 is 0 Å². The van der Waals surface area contributed by atoms with E-state index in [0.29, 0.717) is 16.9 Å². The van der Waals surface area contributed by atoms with Crippen LogP contribution in [0.5, 0.6) is 5.75 Å². The number of methoxy groups -OCH3 is 1. The summed E-state index contributed by atoms with van der Waals surface area (Å²) in [7, 11) is -1.72. The van der Waals surface area contributed by atoms with E-state index in [-0.39, 0.29) is 4.90 Å². The maximum atomic E-state index is 12.6. The van der Waals surface area contributed by atoms with Gasteiger partial charge in [0.15, 0.2) is 9.84 Å². The highest BCUT2D eigenvalue weighted by Gasteiger charge is 2.41. The summed E-state index contributed by atoms with van der Waals surface area (Å²) in [4.78, 5) is 12.8. The number of benzene rings is 2. The number of sulfone groups is 1. The molecule has 0 aromatic heterocycles. The molecule has 3 rings (SSSR count). The Bertz CT molecular complexity index is 999. The minimum absolute atomic E-state index is 0.229. The number of carbonyl (C=O) groups excluding carboxylic acids is 1. The molecule has 1 aliphatic rings. The molecule has 5 nitrogen and oxygen atoms in total. The Kier molecular flexibility index (Phi) is 4.40. The van der Waals surface area contributed by atoms with E-state index >= 15 is 0 Å². The molecule has 2 aromatic carbocycles. The van der Waals surface area contributed by atoms with E-state index in [2.05, 4.69) is 0 Å². The Morgan fingerprint density at radius 1 is 1.00 bits per heavy atom. The third-order valence-corrected chi connectivity index (χ3v) is 5.46. The lowest BCUT2D eigenvalue weighted by Gasteiger charge is -2.21. The number of ether oxygens (including phenoxy) is 2. The molecule has 0 N–H and O–H groups in total. The highest BCUT2D eigenvalue weighted by molar-refractivity contribution is 7.90. The molecule has 0 saturated carbocycles. The van der Waals surface area contributed by atoms with Crippen molar-refractivity contribution >= 4 is 27.0 Å². The molecular weight excluding hydrogens is 352 g/mol. The van der Waals surface area contributed by atoms with Gasteiger partial charge in [0.1, 0.15) is 11.4 Å². The SMILES string of the molecule is COc1cccc(C2=C(c3ccc(S(C)(=O)=O)cc3)C(C)(C)OC2=O)c1. The second-order valence-corrected chi connectivity index (χ2v) is 8.69. The van der Waals surface area contributed by atoms with Gasteiger partial charge in [0, 0.05) is 11.8 Å². The van der Waals surface area contributed by atoms with Gasteiger partial charge in [0.05, 0.1) is 17.6 Å². The lowest BCUT2D eigenvalue weighted by molar-refractivity contribution is -0.141. The largest absolute Gasteiger partial charge is 0.497 e. The third-order valence-electron chi connectivity index (χ3n) is 4.33. The monoisotopic (exact) mass is 372 g/mol. The van der Waals surface area contributed by atoms with Crippen molar-refractivity contribution in [3.8, 4) is 5.75 Å². The van der Waals surface area contributed by atoms with Crippen molar-refractivity contribution in [3.63, 3.8) is 0 Å². The zero-order valence-corrected chi connectivity index (χ0v) is 15.9. The fourth-order valence-corrected chi connectivity index (χ4v) is 3.77. The number of carbonyl (C=O) groups is 1. The van der Waals surface area contributed by atoms with Gasteiger partial charge in [-0.3, -0.25) is 0 Å². The minimum Gasteiger partial charge on any atom is -0.497 e. The summed E-state index contributed by atoms with van der Waals surface area (Å²) in [6, 6.07) is 13.7. The number of hydrogen-bond donors (Lipinski definition) is 0. The van der Waals surface area contributed by atoms with Gasteiger partial charge in [-0.2, -0.15) is 0 Å². The molecule has 0 radical (unpaired) electrons. The predicted molar refractivity (Wildman–Crippen MR) is 99.5 cm³/mol. The van der Waals surface area contributed by atoms with Crippen molar-refractivity contribution in [3.05, 3.63) is 59.7 Å². The molecule has 0 unspecified atom stereocenters. The molecule has 1 aliphatic heterocycles. The van der Waals surface area contributed by atoms with Crippen LogP contribution in [0.15, 0.2) is 53.4 Å². The average molecular weight is 372 g/mol. The van der Waals surface area contributed by atoms with Crippen LogP contribution in [-0.2, 0) is 19.4 Å². The van der Waals surface area contributed by atoms with E-state index < -0.39 is 21.4 Å². The fourth-order valence-electron chi connectivity index (χ4n) is 3.14. The van der Waals surface area contributed by atoms with E-state index in [0.717, 1.165) is 17.4 Å². The standard InChI is InChI=1S/C20H20O5S/c1-20(2)18(13-8-10-16(11-9-13)26(4,22)23)17(19(21)25-20)14-6-5-7-15(12-14)24-3/h5-12H,1-4H3. The first-order chi connectivity index (χ1) is 12.1. The molecule has 0 amide bonds. The summed E-state index contributed by atoms with van der Waals surface area (Å²) in [5.41, 5.74) is 1.78. The fraction of sp³-hybridized carbons (Fsp3) is 0.250. The van der Waals surface area contributed by atoms with Gasteiger partial charge in [0.25, 0.3) is 0 Å². The normalized spacial score (nSPS) is 16.5. The summed E-state index contributed by atoms with van der Waals surface area (Å²) in [6.07, 6.45) is 1.16. The van der Waals surface area contributed by atoms with Crippen LogP contribution in [0.25, 0.3) is 11.1 Å². The van der Waals surface area contributed by atoms with Gasteiger partial charge in [0.2, 0.25) is 0 Å². The van der Waals surface area contributed by atoms with Gasteiger partial charge in [-0.15, -0.1) is 0 Å². The first-order valence-corrected chi connectivity index (χ1v) is 9.95. The van der Waals surface area contributed by atoms with Gasteiger partial charge in [-0.05, 0) is 49.2 Å². The van der Waals surface area contributed by atoms with Crippen molar-refractivity contribution in [2.24, 2.45) is 0 Å². The van der Waals surface area contributed by atoms with Gasteiger partial charge in [-0.1, -0.05) is 24.3 Å². The van der Waals surface area contributed by atoms with Crippen LogP contribution in [-0.4, -0.2) is 33.4 Å². The van der Waals surface area contributed by atoms with Crippen molar-refractivity contribution in [2.75, 3.05) is 13.4 Å². The maximum Gasteiger partial charge on any atom is 0.340 e. The van der Waals surface area contributed by atoms with E-state index in [4.69, 9.17) is 9.47 Å². The van der Waals surface area contributed by atoms with Crippen LogP contribution in [0, 0.1) is 0 Å². The van der Waals surface area contributed by atoms with Crippen LogP contribution in [0.3, 0.4) is 0 Å². The van der Waals surface area contributed by atoms with Crippen LogP contribution in [0.4, 0.5) is 0 Å². The molecule has 0 aliphatic carbocycles. The quantitative estimate of drug-likeness (QED) is 0.770. The van der Waals surface area contributed by atoms with E-state index in [1.165, 1.54) is 0 Å². The Balaban J connectivity index is 2.21. The molecule has 1 heterocycles. The van der Waals surface area contributed by atoms with Crippen molar-refractivity contribution in [1.82, 2.24) is 0 Å². The van der Waals surface area contributed by atoms with Crippen molar-refractivity contribution in [1.29, 1.82) is 0 Å². The van der Waals surface area contributed by atoms with E-state index in [1.54, 1.807) is 43.5 Å². The average Bonchev–Trinajstić information content (AvgIpc) is 2.82. The predicted octanol–water partition coefficient (Wildman–Crippen LogP) is 3.34. The summed E-state index contributed by atoms with van der Waals surface area (Å²) in [6.45, 7) is 3.63. The van der Waals surface area contributed by atoms with Crippen molar-refractivity contribution < 1.29 is 22.7 Å². The minimum atomic E-state index is -3.29. The van der Waals surface area contributed by atoms with Gasteiger partial charge in [-0.25, -0.2) is 13.2 Å². The smallest absolute Gasteiger partial charge is 0.340 e. The molecule has 136 valence electrons. The summed E-state index contributed by atoms with van der Waals surface area (Å²) >= 11 is 0. The van der Waals surface area contributed by atoms with Gasteiger partial charge < -0.3 is 9.47 Å². The van der Waals surface area contributed by atoms with Crippen LogP contribution < -0.4 is 4.74 Å². The highest BCUT2D eigenvalue weighted by atomic mass is 32.2. The van der Waals surface area contributed by atoms with Crippen LogP contribution in [0.1, 0.15) is 25.0 Å². The maximum absolute atomic E-state index is 12.6. The number of rotatable bonds is 4. The molecule has 26 heavy (non-hydrogen) atoms. The molecular formula is C20H20O5S. The topological polar surface area (TPSA) is 69.7 Å². The number of cyclic esters (lactones) is 1. The lowest BCUT2D eigenvalue weighted by Crippen LogP contribution is -2.22. The van der Waals surface area contributed by atoms with E-state index in [9.17, 15) is 13.2 Å². The Labute approximate surface area is 153 Å². The van der Waals surface area contributed by atoms with Gasteiger partial charge >= 0.3 is 5.97 Å². The molecule has 0 saturated heterocycles. The zero-order valence-electron chi connectivity index (χ0n) is 15.1. The molecule has 0 spiro atoms. The number of hydrogen-bond acceptors (Lipinski definition) is 5. The summed E-state index contributed by atoms with van der Waals surface area (Å²) in [5.74, 6) is 0.227. The Morgan fingerprint density at radius 2 is 1.65 bits per heavy atom. The highest BCUT2D eigenvalue weighted by Crippen LogP contribution is 2.44. The second kappa shape index (κ2) is 6.29. The van der Waals surface area contributed by atoms with Crippen LogP contribution in [0.2, 0.25) is 0 Å². The lowest BCUT2D eigenvalue weighted by atomic mass is 9.87. The van der Waals surface area contributed by atoms with E-state index in [1.807, 2.05) is 26.0 Å². The molecule has 0 fully saturated rings. The summed E-state index contributed by atoms with van der Waals surface area (Å²) in [5, 5.41) is 0. The summed E-state index contributed by atoms with van der Waals surface area (Å²) < 4.78 is 34.2. The zero-order chi connectivity index (χ0) is 19.1. The Hall–Kier alpha value is -2.60. The number of esters is 1.